The van der Waals surface area contributed by atoms with Crippen LogP contribution in [0.5, 0.6) is 5.88 Å². The van der Waals surface area contributed by atoms with Crippen molar-refractivity contribution in [3.63, 3.8) is 0 Å². The molecule has 1 N–H and O–H groups in total. The van der Waals surface area contributed by atoms with Gasteiger partial charge in [0.05, 0.1) is 18.5 Å². The second kappa shape index (κ2) is 6.42. The van der Waals surface area contributed by atoms with Crippen LogP contribution in [0.2, 0.25) is 0 Å². The van der Waals surface area contributed by atoms with Gasteiger partial charge in [-0.1, -0.05) is 12.8 Å². The Labute approximate surface area is 156 Å². The number of halogens is 1. The van der Waals surface area contributed by atoms with E-state index in [1.54, 1.807) is 29.4 Å². The Hall–Kier alpha value is -1.93. The Morgan fingerprint density at radius 1 is 1.44 bits per heavy atom. The lowest BCUT2D eigenvalue weighted by Crippen LogP contribution is -2.00. The van der Waals surface area contributed by atoms with Crippen LogP contribution in [-0.2, 0) is 0 Å². The number of aromatic carboxylic acids is 1. The number of thiophene rings is 1. The van der Waals surface area contributed by atoms with Gasteiger partial charge in [-0.05, 0) is 34.8 Å². The number of hydrogen-bond acceptors (Lipinski definition) is 5. The zero-order valence-corrected chi connectivity index (χ0v) is 15.9. The molecule has 6 nitrogen and oxygen atoms in total. The summed E-state index contributed by atoms with van der Waals surface area (Å²) in [6.07, 6.45) is 6.39. The first kappa shape index (κ1) is 16.5. The van der Waals surface area contributed by atoms with Crippen molar-refractivity contribution < 1.29 is 14.6 Å². The molecule has 0 bridgehead atoms. The second-order valence-corrected chi connectivity index (χ2v) is 7.86. The molecule has 0 saturated heterocycles. The minimum atomic E-state index is -0.935. The van der Waals surface area contributed by atoms with E-state index in [0.717, 1.165) is 39.6 Å². The first-order chi connectivity index (χ1) is 12.1. The summed E-state index contributed by atoms with van der Waals surface area (Å²) in [4.78, 5) is 15.9. The van der Waals surface area contributed by atoms with Gasteiger partial charge in [0, 0.05) is 27.4 Å². The van der Waals surface area contributed by atoms with E-state index >= 15 is 0 Å². The molecule has 1 aliphatic rings. The van der Waals surface area contributed by atoms with E-state index in [1.165, 1.54) is 24.2 Å². The summed E-state index contributed by atoms with van der Waals surface area (Å²) >= 11 is 4.80. The van der Waals surface area contributed by atoms with Crippen molar-refractivity contribution in [2.75, 3.05) is 7.11 Å². The standard InChI is InChI=1S/C17H16BrN3O3S/c1-24-16-15-13(11(18)7-19-16)14(9-4-2-3-5-9)20-21(15)10-6-12(17(22)23)25-8-10/h6-9H,2-5H2,1H3,(H,22,23). The number of nitrogens with zero attached hydrogens (tertiary/aromatic N) is 3. The number of carboxylic acids is 1. The first-order valence-electron chi connectivity index (χ1n) is 8.03. The minimum Gasteiger partial charge on any atom is -0.479 e. The van der Waals surface area contributed by atoms with Crippen molar-refractivity contribution in [2.45, 2.75) is 31.6 Å². The smallest absolute Gasteiger partial charge is 0.345 e. The molecule has 0 atom stereocenters. The van der Waals surface area contributed by atoms with Gasteiger partial charge in [-0.15, -0.1) is 11.3 Å². The van der Waals surface area contributed by atoms with E-state index in [2.05, 4.69) is 20.9 Å². The number of carbonyl (C=O) groups is 1. The molecule has 0 spiro atoms. The summed E-state index contributed by atoms with van der Waals surface area (Å²) in [5.74, 6) is -0.0437. The van der Waals surface area contributed by atoms with Crippen LogP contribution >= 0.6 is 27.3 Å². The quantitative estimate of drug-likeness (QED) is 0.665. The van der Waals surface area contributed by atoms with Crippen LogP contribution in [0, 0.1) is 0 Å². The van der Waals surface area contributed by atoms with Gasteiger partial charge in [0.25, 0.3) is 0 Å². The average molecular weight is 422 g/mol. The number of ether oxygens (including phenoxy) is 1. The van der Waals surface area contributed by atoms with E-state index < -0.39 is 5.97 Å². The van der Waals surface area contributed by atoms with Gasteiger partial charge in [0.15, 0.2) is 0 Å². The molecule has 0 radical (unpaired) electrons. The molecule has 130 valence electrons. The fourth-order valence-corrected chi connectivity index (χ4v) is 4.68. The third-order valence-corrected chi connectivity index (χ3v) is 6.13. The summed E-state index contributed by atoms with van der Waals surface area (Å²) in [6.45, 7) is 0. The number of aromatic nitrogens is 3. The molecule has 8 heteroatoms. The summed E-state index contributed by atoms with van der Waals surface area (Å²) in [6, 6.07) is 1.64. The second-order valence-electron chi connectivity index (χ2n) is 6.09. The van der Waals surface area contributed by atoms with Crippen LogP contribution in [0.15, 0.2) is 22.1 Å². The molecule has 3 heterocycles. The number of methoxy groups -OCH3 is 1. The minimum absolute atomic E-state index is 0.281. The number of carboxylic acid groups (broad SMARTS) is 1. The Kier molecular flexibility index (Phi) is 4.24. The fraction of sp³-hybridized carbons (Fsp3) is 0.353. The van der Waals surface area contributed by atoms with Crippen molar-refractivity contribution in [2.24, 2.45) is 0 Å². The Bertz CT molecular complexity index is 960. The molecule has 0 amide bonds. The number of pyridine rings is 1. The fourth-order valence-electron chi connectivity index (χ4n) is 3.48. The molecule has 1 fully saturated rings. The number of rotatable bonds is 4. The van der Waals surface area contributed by atoms with Crippen LogP contribution in [-0.4, -0.2) is 33.0 Å². The predicted octanol–water partition coefficient (Wildman–Crippen LogP) is 4.61. The molecule has 3 aromatic rings. The van der Waals surface area contributed by atoms with Gasteiger partial charge in [-0.2, -0.15) is 5.10 Å². The zero-order chi connectivity index (χ0) is 17.6. The molecular formula is C17H16BrN3O3S. The summed E-state index contributed by atoms with van der Waals surface area (Å²) in [5.41, 5.74) is 2.52. The van der Waals surface area contributed by atoms with Gasteiger partial charge in [0.1, 0.15) is 10.4 Å². The third-order valence-electron chi connectivity index (χ3n) is 4.63. The van der Waals surface area contributed by atoms with E-state index in [-0.39, 0.29) is 4.88 Å². The number of fused-ring (bicyclic) bond motifs is 1. The predicted molar refractivity (Wildman–Crippen MR) is 99.2 cm³/mol. The third kappa shape index (κ3) is 2.73. The first-order valence-corrected chi connectivity index (χ1v) is 9.70. The van der Waals surface area contributed by atoms with E-state index in [9.17, 15) is 9.90 Å². The van der Waals surface area contributed by atoms with Gasteiger partial charge in [0.2, 0.25) is 5.88 Å². The maximum atomic E-state index is 11.2. The lowest BCUT2D eigenvalue weighted by molar-refractivity contribution is 0.0702. The van der Waals surface area contributed by atoms with Gasteiger partial charge < -0.3 is 9.84 Å². The van der Waals surface area contributed by atoms with Crippen molar-refractivity contribution >= 4 is 44.1 Å². The van der Waals surface area contributed by atoms with Crippen molar-refractivity contribution in [3.05, 3.63) is 32.7 Å². The molecule has 0 aliphatic heterocycles. The highest BCUT2D eigenvalue weighted by Gasteiger charge is 2.27. The monoisotopic (exact) mass is 421 g/mol. The SMILES string of the molecule is COc1ncc(Br)c2c(C3CCCC3)nn(-c3csc(C(=O)O)c3)c12. The maximum Gasteiger partial charge on any atom is 0.345 e. The average Bonchev–Trinajstić information content (AvgIpc) is 3.33. The van der Waals surface area contributed by atoms with Crippen LogP contribution in [0.1, 0.15) is 47.0 Å². The zero-order valence-electron chi connectivity index (χ0n) is 13.5. The Morgan fingerprint density at radius 2 is 2.20 bits per heavy atom. The molecule has 3 aromatic heterocycles. The highest BCUT2D eigenvalue weighted by Crippen LogP contribution is 2.42. The van der Waals surface area contributed by atoms with Gasteiger partial charge in [-0.25, -0.2) is 14.5 Å². The molecule has 4 rings (SSSR count). The van der Waals surface area contributed by atoms with E-state index in [1.807, 2.05) is 0 Å². The van der Waals surface area contributed by atoms with Crippen LogP contribution in [0.25, 0.3) is 16.6 Å². The highest BCUT2D eigenvalue weighted by atomic mass is 79.9. The summed E-state index contributed by atoms with van der Waals surface area (Å²) < 4.78 is 8.12. The molecule has 0 aromatic carbocycles. The highest BCUT2D eigenvalue weighted by molar-refractivity contribution is 9.10. The molecule has 25 heavy (non-hydrogen) atoms. The normalized spacial score (nSPS) is 15.1. The lowest BCUT2D eigenvalue weighted by atomic mass is 10.0. The van der Waals surface area contributed by atoms with Crippen LogP contribution < -0.4 is 4.74 Å². The van der Waals surface area contributed by atoms with Crippen LogP contribution in [0.3, 0.4) is 0 Å². The summed E-state index contributed by atoms with van der Waals surface area (Å²) in [7, 11) is 1.58. The van der Waals surface area contributed by atoms with Crippen molar-refractivity contribution in [1.82, 2.24) is 14.8 Å². The van der Waals surface area contributed by atoms with Crippen LogP contribution in [0.4, 0.5) is 0 Å². The molecular weight excluding hydrogens is 406 g/mol. The van der Waals surface area contributed by atoms with E-state index in [0.29, 0.717) is 11.8 Å². The topological polar surface area (TPSA) is 77.2 Å². The Balaban J connectivity index is 1.99. The molecule has 1 saturated carbocycles. The maximum absolute atomic E-state index is 11.2. The summed E-state index contributed by atoms with van der Waals surface area (Å²) in [5, 5.41) is 16.9. The Morgan fingerprint density at radius 3 is 2.84 bits per heavy atom. The molecule has 0 unspecified atom stereocenters. The largest absolute Gasteiger partial charge is 0.479 e. The van der Waals surface area contributed by atoms with Crippen molar-refractivity contribution in [3.8, 4) is 11.6 Å². The van der Waals surface area contributed by atoms with E-state index in [4.69, 9.17) is 9.84 Å². The molecule has 1 aliphatic carbocycles. The van der Waals surface area contributed by atoms with Gasteiger partial charge in [-0.3, -0.25) is 0 Å². The number of hydrogen-bond donors (Lipinski definition) is 1. The van der Waals surface area contributed by atoms with Crippen molar-refractivity contribution in [1.29, 1.82) is 0 Å². The van der Waals surface area contributed by atoms with Gasteiger partial charge >= 0.3 is 5.97 Å². The lowest BCUT2D eigenvalue weighted by Gasteiger charge is -2.07.